The maximum atomic E-state index is 4.19. The van der Waals surface area contributed by atoms with Crippen molar-refractivity contribution in [1.29, 1.82) is 0 Å². The van der Waals surface area contributed by atoms with Crippen LogP contribution in [0.4, 0.5) is 5.95 Å². The minimum atomic E-state index is 0.630. The van der Waals surface area contributed by atoms with E-state index in [1.165, 1.54) is 12.8 Å². The molecule has 1 fully saturated rings. The van der Waals surface area contributed by atoms with E-state index < -0.39 is 0 Å². The first-order valence-electron chi connectivity index (χ1n) is 4.01. The van der Waals surface area contributed by atoms with Crippen molar-refractivity contribution in [2.75, 3.05) is 11.6 Å². The molecule has 12 heavy (non-hydrogen) atoms. The normalized spacial score (nSPS) is 16.1. The van der Waals surface area contributed by atoms with Crippen molar-refractivity contribution < 1.29 is 0 Å². The van der Waals surface area contributed by atoms with Crippen molar-refractivity contribution in [3.63, 3.8) is 0 Å². The molecule has 1 heterocycles. The van der Waals surface area contributed by atoms with Gasteiger partial charge in [-0.3, -0.25) is 0 Å². The Bertz CT molecular complexity index is 256. The van der Waals surface area contributed by atoms with E-state index in [1.54, 1.807) is 11.8 Å². The molecular formula is C8H11N3S. The van der Waals surface area contributed by atoms with Gasteiger partial charge in [0.2, 0.25) is 5.95 Å². The first-order chi connectivity index (χ1) is 5.88. The number of nitrogens with one attached hydrogen (secondary N) is 1. The summed E-state index contributed by atoms with van der Waals surface area (Å²) in [7, 11) is 0. The molecule has 1 aromatic rings. The summed E-state index contributed by atoms with van der Waals surface area (Å²) in [5, 5.41) is 3.24. The largest absolute Gasteiger partial charge is 0.351 e. The van der Waals surface area contributed by atoms with Crippen molar-refractivity contribution >= 4 is 17.7 Å². The molecule has 0 atom stereocenters. The Morgan fingerprint density at radius 3 is 2.58 bits per heavy atom. The number of rotatable bonds is 3. The van der Waals surface area contributed by atoms with Crippen LogP contribution in [0.5, 0.6) is 0 Å². The summed E-state index contributed by atoms with van der Waals surface area (Å²) in [5.74, 6) is 0.760. The van der Waals surface area contributed by atoms with E-state index in [-0.39, 0.29) is 0 Å². The van der Waals surface area contributed by atoms with E-state index >= 15 is 0 Å². The molecule has 0 aliphatic heterocycles. The van der Waals surface area contributed by atoms with Crippen LogP contribution in [0.3, 0.4) is 0 Å². The quantitative estimate of drug-likeness (QED) is 0.721. The lowest BCUT2D eigenvalue weighted by Crippen LogP contribution is -2.04. The standard InChI is InChI=1S/C8H11N3S/c1-12-7-4-9-8(10-5-7)11-6-2-3-6/h4-6H,2-3H2,1H3,(H,9,10,11). The van der Waals surface area contributed by atoms with Crippen LogP contribution >= 0.6 is 11.8 Å². The number of nitrogens with zero attached hydrogens (tertiary/aromatic N) is 2. The van der Waals surface area contributed by atoms with E-state index in [2.05, 4.69) is 15.3 Å². The lowest BCUT2D eigenvalue weighted by atomic mass is 10.6. The highest BCUT2D eigenvalue weighted by atomic mass is 32.2. The molecule has 1 aromatic heterocycles. The fourth-order valence-corrected chi connectivity index (χ4v) is 1.22. The Balaban J connectivity index is 2.02. The molecule has 1 saturated carbocycles. The van der Waals surface area contributed by atoms with E-state index in [0.29, 0.717) is 6.04 Å². The van der Waals surface area contributed by atoms with Crippen molar-refractivity contribution in [1.82, 2.24) is 9.97 Å². The van der Waals surface area contributed by atoms with Gasteiger partial charge in [-0.1, -0.05) is 0 Å². The van der Waals surface area contributed by atoms with Crippen molar-refractivity contribution in [2.45, 2.75) is 23.8 Å². The second kappa shape index (κ2) is 3.31. The highest BCUT2D eigenvalue weighted by Gasteiger charge is 2.21. The van der Waals surface area contributed by atoms with Crippen LogP contribution in [0.1, 0.15) is 12.8 Å². The van der Waals surface area contributed by atoms with E-state index in [4.69, 9.17) is 0 Å². The van der Waals surface area contributed by atoms with Gasteiger partial charge >= 0.3 is 0 Å². The van der Waals surface area contributed by atoms with Crippen molar-refractivity contribution in [3.05, 3.63) is 12.4 Å². The topological polar surface area (TPSA) is 37.8 Å². The molecule has 4 heteroatoms. The number of thioether (sulfide) groups is 1. The van der Waals surface area contributed by atoms with Gasteiger partial charge in [0.1, 0.15) is 0 Å². The number of hydrogen-bond acceptors (Lipinski definition) is 4. The third-order valence-electron chi connectivity index (χ3n) is 1.77. The van der Waals surface area contributed by atoms with Gasteiger partial charge in [-0.05, 0) is 19.1 Å². The first kappa shape index (κ1) is 7.86. The summed E-state index contributed by atoms with van der Waals surface area (Å²) in [6, 6.07) is 0.630. The first-order valence-corrected chi connectivity index (χ1v) is 5.23. The average molecular weight is 181 g/mol. The van der Waals surface area contributed by atoms with Gasteiger partial charge in [0, 0.05) is 23.3 Å². The summed E-state index contributed by atoms with van der Waals surface area (Å²) in [4.78, 5) is 9.48. The van der Waals surface area contributed by atoms with Gasteiger partial charge in [0.05, 0.1) is 0 Å². The predicted molar refractivity (Wildman–Crippen MR) is 50.5 cm³/mol. The Morgan fingerprint density at radius 1 is 1.42 bits per heavy atom. The molecule has 1 aliphatic rings. The summed E-state index contributed by atoms with van der Waals surface area (Å²) in [6.45, 7) is 0. The zero-order chi connectivity index (χ0) is 8.39. The Labute approximate surface area is 76.0 Å². The molecule has 0 saturated heterocycles. The molecule has 3 nitrogen and oxygen atoms in total. The molecule has 0 bridgehead atoms. The molecule has 0 spiro atoms. The van der Waals surface area contributed by atoms with Crippen LogP contribution in [0.25, 0.3) is 0 Å². The van der Waals surface area contributed by atoms with E-state index in [0.717, 1.165) is 10.8 Å². The van der Waals surface area contributed by atoms with Gasteiger partial charge in [-0.15, -0.1) is 11.8 Å². The predicted octanol–water partition coefficient (Wildman–Crippen LogP) is 1.77. The Morgan fingerprint density at radius 2 is 2.08 bits per heavy atom. The minimum Gasteiger partial charge on any atom is -0.351 e. The third-order valence-corrected chi connectivity index (χ3v) is 2.46. The Hall–Kier alpha value is -0.770. The highest BCUT2D eigenvalue weighted by Crippen LogP contribution is 2.23. The van der Waals surface area contributed by atoms with Gasteiger partial charge in [0.25, 0.3) is 0 Å². The maximum absolute atomic E-state index is 4.19. The van der Waals surface area contributed by atoms with Gasteiger partial charge in [-0.25, -0.2) is 9.97 Å². The average Bonchev–Trinajstić information content (AvgIpc) is 2.90. The molecule has 1 N–H and O–H groups in total. The summed E-state index contributed by atoms with van der Waals surface area (Å²) >= 11 is 1.66. The van der Waals surface area contributed by atoms with Gasteiger partial charge in [0.15, 0.2) is 0 Å². The second-order valence-corrected chi connectivity index (χ2v) is 3.74. The fraction of sp³-hybridized carbons (Fsp3) is 0.500. The van der Waals surface area contributed by atoms with Crippen LogP contribution in [0, 0.1) is 0 Å². The molecular weight excluding hydrogens is 170 g/mol. The number of aromatic nitrogens is 2. The summed E-state index contributed by atoms with van der Waals surface area (Å²) < 4.78 is 0. The van der Waals surface area contributed by atoms with Crippen molar-refractivity contribution in [3.8, 4) is 0 Å². The molecule has 2 rings (SSSR count). The molecule has 0 aromatic carbocycles. The molecule has 0 amide bonds. The van der Waals surface area contributed by atoms with Crippen LogP contribution in [-0.2, 0) is 0 Å². The minimum absolute atomic E-state index is 0.630. The van der Waals surface area contributed by atoms with Gasteiger partial charge in [-0.2, -0.15) is 0 Å². The smallest absolute Gasteiger partial charge is 0.222 e. The van der Waals surface area contributed by atoms with Crippen molar-refractivity contribution in [2.24, 2.45) is 0 Å². The number of anilines is 1. The molecule has 1 aliphatic carbocycles. The van der Waals surface area contributed by atoms with Crippen LogP contribution in [0.15, 0.2) is 17.3 Å². The summed E-state index contributed by atoms with van der Waals surface area (Å²) in [5.41, 5.74) is 0. The van der Waals surface area contributed by atoms with Gasteiger partial charge < -0.3 is 5.32 Å². The fourth-order valence-electron chi connectivity index (χ4n) is 0.906. The zero-order valence-electron chi connectivity index (χ0n) is 6.95. The molecule has 64 valence electrons. The zero-order valence-corrected chi connectivity index (χ0v) is 7.77. The summed E-state index contributed by atoms with van der Waals surface area (Å²) in [6.07, 6.45) is 8.23. The van der Waals surface area contributed by atoms with Crippen LogP contribution in [0.2, 0.25) is 0 Å². The maximum Gasteiger partial charge on any atom is 0.222 e. The Kier molecular flexibility index (Phi) is 2.17. The van der Waals surface area contributed by atoms with E-state index in [1.807, 2.05) is 18.6 Å². The van der Waals surface area contributed by atoms with E-state index in [9.17, 15) is 0 Å². The lowest BCUT2D eigenvalue weighted by Gasteiger charge is -2.01. The number of hydrogen-bond donors (Lipinski definition) is 1. The lowest BCUT2D eigenvalue weighted by molar-refractivity contribution is 1.03. The highest BCUT2D eigenvalue weighted by molar-refractivity contribution is 7.98. The third kappa shape index (κ3) is 1.88. The van der Waals surface area contributed by atoms with Crippen LogP contribution < -0.4 is 5.32 Å². The molecule has 0 radical (unpaired) electrons. The molecule has 0 unspecified atom stereocenters. The SMILES string of the molecule is CSc1cnc(NC2CC2)nc1. The second-order valence-electron chi connectivity index (χ2n) is 2.87. The van der Waals surface area contributed by atoms with Crippen LogP contribution in [-0.4, -0.2) is 22.3 Å². The monoisotopic (exact) mass is 181 g/mol.